The Kier molecular flexibility index (Phi) is 1.71. The molecule has 16 heavy (non-hydrogen) atoms. The number of aryl methyl sites for hydroxylation is 2. The fourth-order valence-electron chi connectivity index (χ4n) is 2.21. The van der Waals surface area contributed by atoms with E-state index in [1.165, 1.54) is 27.2 Å². The summed E-state index contributed by atoms with van der Waals surface area (Å²) in [5, 5.41) is 4.85. The quantitative estimate of drug-likeness (QED) is 0.396. The van der Waals surface area contributed by atoms with Crippen LogP contribution < -0.4 is 4.57 Å². The van der Waals surface area contributed by atoms with Crippen molar-refractivity contribution in [2.24, 2.45) is 7.05 Å². The number of hydrogen-bond donors (Lipinski definition) is 0. The number of pyridine rings is 1. The van der Waals surface area contributed by atoms with Crippen molar-refractivity contribution in [3.8, 4) is 0 Å². The minimum atomic E-state index is 0.566. The Hall–Kier alpha value is -1.89. The first-order valence-electron chi connectivity index (χ1n) is 5.95. The van der Waals surface area contributed by atoms with Gasteiger partial charge in [0.15, 0.2) is 11.9 Å². The molecule has 78 valence electrons. The van der Waals surface area contributed by atoms with Gasteiger partial charge in [-0.3, -0.25) is 0 Å². The fraction of sp³-hybridized carbons (Fsp3) is 0.133. The molecule has 0 aliphatic carbocycles. The normalized spacial score (nSPS) is 12.0. The Morgan fingerprint density at radius 1 is 1.00 bits per heavy atom. The van der Waals surface area contributed by atoms with Crippen molar-refractivity contribution in [2.75, 3.05) is 0 Å². The van der Waals surface area contributed by atoms with E-state index in [9.17, 15) is 0 Å². The maximum Gasteiger partial charge on any atom is 0.185 e. The molecule has 0 aliphatic rings. The summed E-state index contributed by atoms with van der Waals surface area (Å²) in [6.45, 7) is 2.12. The molecule has 1 heterocycles. The predicted octanol–water partition coefficient (Wildman–Crippen LogP) is 3.13. The van der Waals surface area contributed by atoms with Gasteiger partial charge in [-0.1, -0.05) is 30.3 Å². The van der Waals surface area contributed by atoms with Gasteiger partial charge in [-0.15, -0.1) is 0 Å². The van der Waals surface area contributed by atoms with Gasteiger partial charge >= 0.3 is 0 Å². The largest absolute Gasteiger partial charge is 0.205 e. The highest BCUT2D eigenvalue weighted by Gasteiger charge is 2.08. The maximum atomic E-state index is 7.74. The summed E-state index contributed by atoms with van der Waals surface area (Å²) in [5.74, 6) is 0. The first-order chi connectivity index (χ1) is 8.16. The third kappa shape index (κ3) is 1.21. The molecule has 0 saturated heterocycles. The summed E-state index contributed by atoms with van der Waals surface area (Å²) < 4.78 is 9.87. The predicted molar refractivity (Wildman–Crippen MR) is 67.4 cm³/mol. The van der Waals surface area contributed by atoms with Gasteiger partial charge in [0.1, 0.15) is 7.05 Å². The number of hydrogen-bond acceptors (Lipinski definition) is 0. The SMILES string of the molecule is [3H]c1ccc2ccc3c(C)[n+](C)ccc3c2c1. The van der Waals surface area contributed by atoms with Crippen LogP contribution in [0, 0.1) is 6.92 Å². The highest BCUT2D eigenvalue weighted by Crippen LogP contribution is 2.25. The summed E-state index contributed by atoms with van der Waals surface area (Å²) in [4.78, 5) is 0. The van der Waals surface area contributed by atoms with Gasteiger partial charge in [-0.25, -0.2) is 4.57 Å². The molecule has 0 amide bonds. The first-order valence-corrected chi connectivity index (χ1v) is 5.45. The van der Waals surface area contributed by atoms with Crippen molar-refractivity contribution in [3.05, 3.63) is 54.3 Å². The highest BCUT2D eigenvalue weighted by atomic mass is 14.9. The molecule has 1 nitrogen and oxygen atoms in total. The third-order valence-corrected chi connectivity index (χ3v) is 3.29. The lowest BCUT2D eigenvalue weighted by Crippen LogP contribution is -2.31. The monoisotopic (exact) mass is 210 g/mol. The van der Waals surface area contributed by atoms with E-state index in [-0.39, 0.29) is 0 Å². The van der Waals surface area contributed by atoms with E-state index >= 15 is 0 Å². The van der Waals surface area contributed by atoms with Crippen LogP contribution >= 0.6 is 0 Å². The topological polar surface area (TPSA) is 3.88 Å². The van der Waals surface area contributed by atoms with E-state index in [1.807, 2.05) is 18.2 Å². The fourth-order valence-corrected chi connectivity index (χ4v) is 2.21. The average Bonchev–Trinajstić information content (AvgIpc) is 2.33. The number of rotatable bonds is 0. The molecule has 3 rings (SSSR count). The molecule has 3 aromatic rings. The summed E-state index contributed by atoms with van der Waals surface area (Å²) in [6, 6.07) is 12.8. The van der Waals surface area contributed by atoms with Crippen LogP contribution in [-0.2, 0) is 7.05 Å². The summed E-state index contributed by atoms with van der Waals surface area (Å²) >= 11 is 0. The molecule has 1 heteroatoms. The van der Waals surface area contributed by atoms with E-state index < -0.39 is 0 Å². The van der Waals surface area contributed by atoms with Crippen LogP contribution in [0.15, 0.2) is 48.6 Å². The molecule has 0 N–H and O–H groups in total. The van der Waals surface area contributed by atoms with Gasteiger partial charge in [-0.05, 0) is 16.8 Å². The lowest BCUT2D eigenvalue weighted by Gasteiger charge is -2.04. The third-order valence-electron chi connectivity index (χ3n) is 3.29. The molecule has 0 saturated carbocycles. The Morgan fingerprint density at radius 2 is 1.88 bits per heavy atom. The molecule has 0 aliphatic heterocycles. The molecule has 0 unspecified atom stereocenters. The van der Waals surface area contributed by atoms with Crippen molar-refractivity contribution in [3.63, 3.8) is 0 Å². The lowest BCUT2D eigenvalue weighted by atomic mass is 10.0. The molecule has 0 atom stereocenters. The van der Waals surface area contributed by atoms with Crippen LogP contribution in [0.4, 0.5) is 0 Å². The van der Waals surface area contributed by atoms with Gasteiger partial charge < -0.3 is 0 Å². The second kappa shape index (κ2) is 3.31. The van der Waals surface area contributed by atoms with Crippen molar-refractivity contribution in [1.29, 1.82) is 0 Å². The zero-order valence-electron chi connectivity index (χ0n) is 10.5. The van der Waals surface area contributed by atoms with Crippen LogP contribution in [0.1, 0.15) is 7.06 Å². The number of nitrogens with zero attached hydrogens (tertiary/aromatic N) is 1. The van der Waals surface area contributed by atoms with Crippen molar-refractivity contribution in [2.45, 2.75) is 6.92 Å². The van der Waals surface area contributed by atoms with Crippen molar-refractivity contribution in [1.82, 2.24) is 0 Å². The smallest absolute Gasteiger partial charge is 0.185 e. The molecule has 0 spiro atoms. The Labute approximate surface area is 96.4 Å². The van der Waals surface area contributed by atoms with Crippen LogP contribution in [0.25, 0.3) is 21.5 Å². The molecular weight excluding hydrogens is 194 g/mol. The highest BCUT2D eigenvalue weighted by molar-refractivity contribution is 6.07. The molecular formula is C15H14N+. The summed E-state index contributed by atoms with van der Waals surface area (Å²) in [5.41, 5.74) is 1.25. The lowest BCUT2D eigenvalue weighted by molar-refractivity contribution is -0.676. The van der Waals surface area contributed by atoms with E-state index in [0.717, 1.165) is 0 Å². The van der Waals surface area contributed by atoms with Gasteiger partial charge in [0.05, 0.1) is 1.37 Å². The number of fused-ring (bicyclic) bond motifs is 3. The molecule has 0 bridgehead atoms. The van der Waals surface area contributed by atoms with Gasteiger partial charge in [0, 0.05) is 23.8 Å². The molecule has 0 radical (unpaired) electrons. The number of aromatic nitrogens is 1. The van der Waals surface area contributed by atoms with Crippen LogP contribution in [-0.4, -0.2) is 0 Å². The number of benzene rings is 2. The minimum Gasteiger partial charge on any atom is -0.205 e. The zero-order valence-corrected chi connectivity index (χ0v) is 9.49. The van der Waals surface area contributed by atoms with E-state index in [1.54, 1.807) is 0 Å². The van der Waals surface area contributed by atoms with Crippen LogP contribution in [0.3, 0.4) is 0 Å². The molecule has 2 aromatic carbocycles. The van der Waals surface area contributed by atoms with Crippen molar-refractivity contribution < 1.29 is 5.94 Å². The van der Waals surface area contributed by atoms with Crippen LogP contribution in [0.2, 0.25) is 0 Å². The molecule has 0 fully saturated rings. The Balaban J connectivity index is 2.56. The maximum absolute atomic E-state index is 7.74. The molecule has 1 aromatic heterocycles. The van der Waals surface area contributed by atoms with E-state index in [4.69, 9.17) is 1.37 Å². The minimum absolute atomic E-state index is 0.566. The first kappa shape index (κ1) is 8.28. The van der Waals surface area contributed by atoms with E-state index in [2.05, 4.69) is 42.9 Å². The summed E-state index contributed by atoms with van der Waals surface area (Å²) in [6.07, 6.45) is 2.08. The summed E-state index contributed by atoms with van der Waals surface area (Å²) in [7, 11) is 2.06. The van der Waals surface area contributed by atoms with Gasteiger partial charge in [0.2, 0.25) is 0 Å². The van der Waals surface area contributed by atoms with Gasteiger partial charge in [0.25, 0.3) is 0 Å². The van der Waals surface area contributed by atoms with E-state index in [0.29, 0.717) is 6.04 Å². The second-order valence-corrected chi connectivity index (χ2v) is 4.19. The Bertz CT molecular complexity index is 732. The standard InChI is InChI=1S/C15H14N/c1-11-13-8-7-12-5-3-4-6-14(12)15(13)9-10-16(11)2/h3-10H,1-2H3/q+1/i4T. The zero-order chi connectivity index (χ0) is 12.0. The average molecular weight is 210 g/mol. The Morgan fingerprint density at radius 3 is 2.75 bits per heavy atom. The van der Waals surface area contributed by atoms with Crippen molar-refractivity contribution >= 4 is 21.5 Å². The second-order valence-electron chi connectivity index (χ2n) is 4.19. The van der Waals surface area contributed by atoms with Crippen LogP contribution in [0.5, 0.6) is 0 Å². The van der Waals surface area contributed by atoms with Gasteiger partial charge in [-0.2, -0.15) is 0 Å².